The molecule has 0 fully saturated rings. The second kappa shape index (κ2) is 14.3. The second-order valence-electron chi connectivity index (χ2n) is 7.36. The van der Waals surface area contributed by atoms with Crippen LogP contribution in [-0.4, -0.2) is 65.3 Å². The standard InChI is InChI=1S/C23H28O12/c1-13(20(27)31-12-17-8-6-5-7-9-17)33-22(29)15(3)35-23(30)16(4)34-21(28)14(2)32-19(26)11-10-18(24)25/h5-9,13-16H,10-12H2,1-4H3,(H,24,25)/t13-,14-,15-,16-/m0/s1. The minimum absolute atomic E-state index is 0.0116. The van der Waals surface area contributed by atoms with Gasteiger partial charge in [0.15, 0.2) is 24.4 Å². The van der Waals surface area contributed by atoms with Crippen LogP contribution >= 0.6 is 0 Å². The predicted molar refractivity (Wildman–Crippen MR) is 115 cm³/mol. The number of esters is 5. The first-order chi connectivity index (χ1) is 16.4. The van der Waals surface area contributed by atoms with Crippen LogP contribution < -0.4 is 0 Å². The lowest BCUT2D eigenvalue weighted by atomic mass is 10.2. The lowest BCUT2D eigenvalue weighted by Crippen LogP contribution is -2.37. The average Bonchev–Trinajstić information content (AvgIpc) is 2.81. The van der Waals surface area contributed by atoms with Crippen molar-refractivity contribution in [3.05, 3.63) is 35.9 Å². The number of aliphatic carboxylic acids is 1. The van der Waals surface area contributed by atoms with E-state index < -0.39 is 73.1 Å². The van der Waals surface area contributed by atoms with E-state index in [0.29, 0.717) is 0 Å². The zero-order valence-corrected chi connectivity index (χ0v) is 19.8. The van der Waals surface area contributed by atoms with Crippen molar-refractivity contribution >= 4 is 35.8 Å². The second-order valence-corrected chi connectivity index (χ2v) is 7.36. The van der Waals surface area contributed by atoms with Gasteiger partial charge in [0.05, 0.1) is 12.8 Å². The lowest BCUT2D eigenvalue weighted by molar-refractivity contribution is -0.185. The summed E-state index contributed by atoms with van der Waals surface area (Å²) >= 11 is 0. The third-order valence-electron chi connectivity index (χ3n) is 4.28. The fourth-order valence-electron chi connectivity index (χ4n) is 2.31. The Morgan fingerprint density at radius 3 is 1.54 bits per heavy atom. The molecule has 0 aliphatic heterocycles. The molecule has 0 aliphatic rings. The van der Waals surface area contributed by atoms with Crippen LogP contribution in [0, 0.1) is 0 Å². The maximum absolute atomic E-state index is 12.1. The molecule has 1 N–H and O–H groups in total. The van der Waals surface area contributed by atoms with E-state index in [1.807, 2.05) is 0 Å². The first-order valence-corrected chi connectivity index (χ1v) is 10.6. The molecule has 0 aliphatic carbocycles. The summed E-state index contributed by atoms with van der Waals surface area (Å²) in [5.41, 5.74) is 0.745. The number of hydrogen-bond donors (Lipinski definition) is 1. The summed E-state index contributed by atoms with van der Waals surface area (Å²) in [4.78, 5) is 70.2. The highest BCUT2D eigenvalue weighted by Crippen LogP contribution is 2.08. The number of carbonyl (C=O) groups is 6. The average molecular weight is 496 g/mol. The van der Waals surface area contributed by atoms with Crippen molar-refractivity contribution < 1.29 is 57.6 Å². The smallest absolute Gasteiger partial charge is 0.347 e. The summed E-state index contributed by atoms with van der Waals surface area (Å²) in [6.07, 6.45) is -6.48. The van der Waals surface area contributed by atoms with E-state index in [1.54, 1.807) is 30.3 Å². The van der Waals surface area contributed by atoms with Crippen molar-refractivity contribution in [3.8, 4) is 0 Å². The molecule has 0 saturated carbocycles. The number of ether oxygens (including phenoxy) is 5. The van der Waals surface area contributed by atoms with Crippen molar-refractivity contribution in [2.45, 2.75) is 71.6 Å². The molecule has 0 heterocycles. The normalized spacial score (nSPS) is 13.8. The van der Waals surface area contributed by atoms with Crippen LogP contribution in [0.4, 0.5) is 0 Å². The van der Waals surface area contributed by atoms with Gasteiger partial charge in [0.2, 0.25) is 0 Å². The number of carboxylic acids is 1. The molecule has 192 valence electrons. The molecule has 0 saturated heterocycles. The highest BCUT2D eigenvalue weighted by molar-refractivity contribution is 5.86. The molecule has 12 nitrogen and oxygen atoms in total. The zero-order valence-electron chi connectivity index (χ0n) is 19.8. The minimum Gasteiger partial charge on any atom is -0.481 e. The van der Waals surface area contributed by atoms with Gasteiger partial charge in [-0.1, -0.05) is 30.3 Å². The van der Waals surface area contributed by atoms with Crippen LogP contribution in [0.15, 0.2) is 30.3 Å². The first kappa shape index (κ1) is 29.1. The summed E-state index contributed by atoms with van der Waals surface area (Å²) in [5, 5.41) is 8.53. The summed E-state index contributed by atoms with van der Waals surface area (Å²) in [6, 6.07) is 8.86. The number of carbonyl (C=O) groups excluding carboxylic acids is 5. The van der Waals surface area contributed by atoms with Crippen molar-refractivity contribution in [2.75, 3.05) is 0 Å². The Morgan fingerprint density at radius 1 is 0.657 bits per heavy atom. The Labute approximate surface area is 201 Å². The van der Waals surface area contributed by atoms with Crippen LogP contribution in [0.5, 0.6) is 0 Å². The largest absolute Gasteiger partial charge is 0.481 e. The molecular formula is C23H28O12. The number of rotatable bonds is 13. The molecule has 4 atom stereocenters. The maximum Gasteiger partial charge on any atom is 0.347 e. The molecule has 12 heteroatoms. The van der Waals surface area contributed by atoms with Crippen LogP contribution in [-0.2, 0) is 59.1 Å². The predicted octanol–water partition coefficient (Wildman–Crippen LogP) is 1.32. The minimum atomic E-state index is -1.47. The Morgan fingerprint density at radius 2 is 1.09 bits per heavy atom. The molecule has 35 heavy (non-hydrogen) atoms. The fraction of sp³-hybridized carbons (Fsp3) is 0.478. The number of hydrogen-bond acceptors (Lipinski definition) is 11. The van der Waals surface area contributed by atoms with Gasteiger partial charge in [-0.15, -0.1) is 0 Å². The van der Waals surface area contributed by atoms with Gasteiger partial charge in [-0.3, -0.25) is 9.59 Å². The van der Waals surface area contributed by atoms with Gasteiger partial charge >= 0.3 is 35.8 Å². The van der Waals surface area contributed by atoms with Gasteiger partial charge < -0.3 is 28.8 Å². The van der Waals surface area contributed by atoms with Gasteiger partial charge in [0.25, 0.3) is 0 Å². The Hall–Kier alpha value is -3.96. The molecule has 1 aromatic rings. The van der Waals surface area contributed by atoms with Crippen LogP contribution in [0.3, 0.4) is 0 Å². The van der Waals surface area contributed by atoms with E-state index in [1.165, 1.54) is 27.7 Å². The highest BCUT2D eigenvalue weighted by Gasteiger charge is 2.30. The fourth-order valence-corrected chi connectivity index (χ4v) is 2.31. The lowest BCUT2D eigenvalue weighted by Gasteiger charge is -2.19. The van der Waals surface area contributed by atoms with Crippen molar-refractivity contribution in [3.63, 3.8) is 0 Å². The molecular weight excluding hydrogens is 468 g/mol. The molecule has 0 bridgehead atoms. The van der Waals surface area contributed by atoms with Crippen LogP contribution in [0.2, 0.25) is 0 Å². The SMILES string of the molecule is C[C@H](OC(=O)CCC(=O)O)C(=O)O[C@@H](C)C(=O)O[C@@H](C)C(=O)O[C@@H](C)C(=O)OCc1ccccc1. The first-order valence-electron chi connectivity index (χ1n) is 10.6. The Balaban J connectivity index is 2.44. The van der Waals surface area contributed by atoms with E-state index in [2.05, 4.69) is 0 Å². The third kappa shape index (κ3) is 11.1. The summed E-state index contributed by atoms with van der Waals surface area (Å²) < 4.78 is 24.5. The van der Waals surface area contributed by atoms with E-state index in [-0.39, 0.29) is 6.61 Å². The van der Waals surface area contributed by atoms with Crippen LogP contribution in [0.1, 0.15) is 46.1 Å². The van der Waals surface area contributed by atoms with E-state index in [0.717, 1.165) is 5.56 Å². The molecule has 1 rings (SSSR count). The summed E-state index contributed by atoms with van der Waals surface area (Å²) in [5.74, 6) is -6.13. The molecule has 0 radical (unpaired) electrons. The number of carboxylic acid groups (broad SMARTS) is 1. The molecule has 0 spiro atoms. The Bertz CT molecular complexity index is 910. The maximum atomic E-state index is 12.1. The third-order valence-corrected chi connectivity index (χ3v) is 4.28. The molecule has 1 aromatic carbocycles. The topological polar surface area (TPSA) is 169 Å². The monoisotopic (exact) mass is 496 g/mol. The Kier molecular flexibility index (Phi) is 11.9. The van der Waals surface area contributed by atoms with Gasteiger partial charge in [-0.25, -0.2) is 19.2 Å². The van der Waals surface area contributed by atoms with Crippen LogP contribution in [0.25, 0.3) is 0 Å². The highest BCUT2D eigenvalue weighted by atomic mass is 16.6. The van der Waals surface area contributed by atoms with Crippen molar-refractivity contribution in [1.29, 1.82) is 0 Å². The van der Waals surface area contributed by atoms with Gasteiger partial charge in [-0.05, 0) is 33.3 Å². The van der Waals surface area contributed by atoms with E-state index in [9.17, 15) is 28.8 Å². The van der Waals surface area contributed by atoms with Gasteiger partial charge in [0.1, 0.15) is 6.61 Å². The molecule has 0 unspecified atom stereocenters. The molecule has 0 amide bonds. The molecule has 0 aromatic heterocycles. The summed E-state index contributed by atoms with van der Waals surface area (Å²) in [7, 11) is 0. The summed E-state index contributed by atoms with van der Waals surface area (Å²) in [6.45, 7) is 4.83. The van der Waals surface area contributed by atoms with Crippen molar-refractivity contribution in [1.82, 2.24) is 0 Å². The van der Waals surface area contributed by atoms with E-state index >= 15 is 0 Å². The number of benzene rings is 1. The quantitative estimate of drug-likeness (QED) is 0.307. The zero-order chi connectivity index (χ0) is 26.5. The van der Waals surface area contributed by atoms with Gasteiger partial charge in [-0.2, -0.15) is 0 Å². The van der Waals surface area contributed by atoms with Gasteiger partial charge in [0, 0.05) is 0 Å². The van der Waals surface area contributed by atoms with Crippen molar-refractivity contribution in [2.24, 2.45) is 0 Å². The van der Waals surface area contributed by atoms with E-state index in [4.69, 9.17) is 28.8 Å².